The summed E-state index contributed by atoms with van der Waals surface area (Å²) >= 11 is 0. The van der Waals surface area contributed by atoms with Crippen LogP contribution in [0.4, 0.5) is 0 Å². The summed E-state index contributed by atoms with van der Waals surface area (Å²) in [5, 5.41) is 10.00. The standard InChI is InChI=1S/C28H30O3/c1-18-13-19(2)15-21(14-18)27-24-8-6-5-7-20(24)11-12-28(3,4)25(27)10-9-23-16-22(29)17-26(30)31-23/h5-15,22-23,29H,16-17H2,1-4H3/b10-9+/t22-,23-/m1/s1. The van der Waals surface area contributed by atoms with Crippen molar-refractivity contribution >= 4 is 17.6 Å². The van der Waals surface area contributed by atoms with Gasteiger partial charge in [0.05, 0.1) is 12.5 Å². The molecule has 160 valence electrons. The van der Waals surface area contributed by atoms with E-state index in [4.69, 9.17) is 4.74 Å². The SMILES string of the molecule is Cc1cc(C)cc(C2=C(/C=C/[C@@H]3C[C@@H](O)CC(=O)O3)C(C)(C)C=Cc3ccccc32)c1. The second kappa shape index (κ2) is 8.32. The lowest BCUT2D eigenvalue weighted by Gasteiger charge is -2.27. The number of aryl methyl sites for hydroxylation is 2. The van der Waals surface area contributed by atoms with E-state index in [9.17, 15) is 9.90 Å². The Hall–Kier alpha value is -2.91. The molecule has 1 aliphatic carbocycles. The van der Waals surface area contributed by atoms with Gasteiger partial charge >= 0.3 is 5.97 Å². The van der Waals surface area contributed by atoms with Crippen LogP contribution in [0.2, 0.25) is 0 Å². The highest BCUT2D eigenvalue weighted by Crippen LogP contribution is 2.43. The highest BCUT2D eigenvalue weighted by molar-refractivity contribution is 5.90. The minimum atomic E-state index is -0.647. The predicted molar refractivity (Wildman–Crippen MR) is 125 cm³/mol. The zero-order chi connectivity index (χ0) is 22.2. The third-order valence-electron chi connectivity index (χ3n) is 6.05. The highest BCUT2D eigenvalue weighted by Gasteiger charge is 2.29. The van der Waals surface area contributed by atoms with Gasteiger partial charge in [-0.1, -0.05) is 85.7 Å². The van der Waals surface area contributed by atoms with Crippen LogP contribution in [0, 0.1) is 19.3 Å². The first-order valence-electron chi connectivity index (χ1n) is 10.9. The third kappa shape index (κ3) is 4.57. The number of fused-ring (bicyclic) bond motifs is 1. The molecule has 0 radical (unpaired) electrons. The van der Waals surface area contributed by atoms with Gasteiger partial charge in [-0.2, -0.15) is 0 Å². The molecule has 2 aromatic rings. The van der Waals surface area contributed by atoms with E-state index in [1.54, 1.807) is 0 Å². The van der Waals surface area contributed by atoms with Gasteiger partial charge in [-0.15, -0.1) is 0 Å². The molecule has 2 aliphatic rings. The number of hydrogen-bond donors (Lipinski definition) is 1. The average molecular weight is 415 g/mol. The van der Waals surface area contributed by atoms with Crippen LogP contribution in [0.3, 0.4) is 0 Å². The maximum absolute atomic E-state index is 11.8. The van der Waals surface area contributed by atoms with E-state index in [1.807, 2.05) is 6.08 Å². The third-order valence-corrected chi connectivity index (χ3v) is 6.05. The van der Waals surface area contributed by atoms with Gasteiger partial charge in [0, 0.05) is 11.8 Å². The monoisotopic (exact) mass is 414 g/mol. The van der Waals surface area contributed by atoms with Crippen molar-refractivity contribution in [3.63, 3.8) is 0 Å². The van der Waals surface area contributed by atoms with Crippen LogP contribution < -0.4 is 0 Å². The van der Waals surface area contributed by atoms with Crippen molar-refractivity contribution in [3.8, 4) is 0 Å². The van der Waals surface area contributed by atoms with E-state index >= 15 is 0 Å². The molecule has 1 saturated heterocycles. The van der Waals surface area contributed by atoms with Crippen LogP contribution in [-0.4, -0.2) is 23.3 Å². The lowest BCUT2D eigenvalue weighted by Crippen LogP contribution is -2.31. The van der Waals surface area contributed by atoms with E-state index in [0.717, 1.165) is 5.57 Å². The van der Waals surface area contributed by atoms with Crippen LogP contribution in [0.1, 0.15) is 54.5 Å². The number of rotatable bonds is 3. The Morgan fingerprint density at radius 2 is 1.81 bits per heavy atom. The smallest absolute Gasteiger partial charge is 0.309 e. The Kier molecular flexibility index (Phi) is 5.72. The summed E-state index contributed by atoms with van der Waals surface area (Å²) in [7, 11) is 0. The van der Waals surface area contributed by atoms with Gasteiger partial charge in [-0.25, -0.2) is 0 Å². The van der Waals surface area contributed by atoms with Crippen molar-refractivity contribution in [2.24, 2.45) is 5.41 Å². The first kappa shape index (κ1) is 21.3. The zero-order valence-corrected chi connectivity index (χ0v) is 18.7. The molecule has 1 heterocycles. The number of hydrogen-bond acceptors (Lipinski definition) is 3. The van der Waals surface area contributed by atoms with Crippen molar-refractivity contribution in [2.75, 3.05) is 0 Å². The maximum atomic E-state index is 11.8. The fourth-order valence-electron chi connectivity index (χ4n) is 4.58. The average Bonchev–Trinajstić information content (AvgIpc) is 2.79. The van der Waals surface area contributed by atoms with Gasteiger partial charge in [0.1, 0.15) is 6.10 Å². The molecule has 4 rings (SSSR count). The van der Waals surface area contributed by atoms with Crippen LogP contribution in [-0.2, 0) is 9.53 Å². The number of carbonyl (C=O) groups excluding carboxylic acids is 1. The number of cyclic esters (lactones) is 1. The van der Waals surface area contributed by atoms with Crippen molar-refractivity contribution < 1.29 is 14.6 Å². The largest absolute Gasteiger partial charge is 0.458 e. The number of ether oxygens (including phenoxy) is 1. The quantitative estimate of drug-likeness (QED) is 0.648. The molecule has 1 fully saturated rings. The van der Waals surface area contributed by atoms with Gasteiger partial charge in [-0.3, -0.25) is 4.79 Å². The first-order valence-corrected chi connectivity index (χ1v) is 10.9. The molecule has 0 saturated carbocycles. The van der Waals surface area contributed by atoms with Crippen molar-refractivity contribution in [1.82, 2.24) is 0 Å². The highest BCUT2D eigenvalue weighted by atomic mass is 16.5. The summed E-state index contributed by atoms with van der Waals surface area (Å²) in [4.78, 5) is 11.8. The van der Waals surface area contributed by atoms with Crippen molar-refractivity contribution in [2.45, 2.75) is 52.7 Å². The number of carbonyl (C=O) groups is 1. The minimum Gasteiger partial charge on any atom is -0.458 e. The molecule has 2 atom stereocenters. The molecule has 3 nitrogen and oxygen atoms in total. The molecule has 2 aromatic carbocycles. The molecule has 31 heavy (non-hydrogen) atoms. The molecular weight excluding hydrogens is 384 g/mol. The van der Waals surface area contributed by atoms with Gasteiger partial charge in [0.25, 0.3) is 0 Å². The fourth-order valence-corrected chi connectivity index (χ4v) is 4.58. The van der Waals surface area contributed by atoms with E-state index in [0.29, 0.717) is 6.42 Å². The number of benzene rings is 2. The number of aliphatic hydroxyl groups is 1. The van der Waals surface area contributed by atoms with Crippen LogP contribution in [0.25, 0.3) is 11.6 Å². The van der Waals surface area contributed by atoms with Gasteiger partial charge < -0.3 is 9.84 Å². The Bertz CT molecular complexity index is 1080. The number of aliphatic hydroxyl groups excluding tert-OH is 1. The van der Waals surface area contributed by atoms with E-state index in [2.05, 4.69) is 88.4 Å². The van der Waals surface area contributed by atoms with E-state index < -0.39 is 12.2 Å². The number of allylic oxidation sites excluding steroid dienone is 3. The van der Waals surface area contributed by atoms with Crippen LogP contribution >= 0.6 is 0 Å². The lowest BCUT2D eigenvalue weighted by molar-refractivity contribution is -0.156. The summed E-state index contributed by atoms with van der Waals surface area (Å²) in [5.74, 6) is -0.345. The normalized spacial score (nSPS) is 22.9. The minimum absolute atomic E-state index is 0.0719. The Balaban J connectivity index is 1.92. The zero-order valence-electron chi connectivity index (χ0n) is 18.7. The second-order valence-electron chi connectivity index (χ2n) is 9.29. The summed E-state index contributed by atoms with van der Waals surface area (Å²) < 4.78 is 5.47. The van der Waals surface area contributed by atoms with Gasteiger partial charge in [0.2, 0.25) is 0 Å². The Morgan fingerprint density at radius 1 is 1.10 bits per heavy atom. The fraction of sp³-hybridized carbons (Fsp3) is 0.321. The van der Waals surface area contributed by atoms with Crippen molar-refractivity contribution in [1.29, 1.82) is 0 Å². The molecule has 1 N–H and O–H groups in total. The Labute approximate surface area is 184 Å². The summed E-state index contributed by atoms with van der Waals surface area (Å²) in [6.07, 6.45) is 7.90. The molecule has 3 heteroatoms. The molecule has 0 unspecified atom stereocenters. The lowest BCUT2D eigenvalue weighted by atomic mass is 9.78. The number of esters is 1. The maximum Gasteiger partial charge on any atom is 0.309 e. The summed E-state index contributed by atoms with van der Waals surface area (Å²) in [5.41, 5.74) is 8.13. The van der Waals surface area contributed by atoms with Crippen molar-refractivity contribution in [3.05, 3.63) is 94.1 Å². The van der Waals surface area contributed by atoms with E-state index in [-0.39, 0.29) is 17.8 Å². The molecular formula is C28H30O3. The van der Waals surface area contributed by atoms with E-state index in [1.165, 1.54) is 33.4 Å². The van der Waals surface area contributed by atoms with Gasteiger partial charge in [0.15, 0.2) is 0 Å². The molecule has 1 aliphatic heterocycles. The topological polar surface area (TPSA) is 46.5 Å². The first-order chi connectivity index (χ1) is 14.7. The summed E-state index contributed by atoms with van der Waals surface area (Å²) in [6, 6.07) is 15.1. The van der Waals surface area contributed by atoms with Gasteiger partial charge in [-0.05, 0) is 47.8 Å². The predicted octanol–water partition coefficient (Wildman–Crippen LogP) is 5.78. The molecule has 0 spiro atoms. The molecule has 0 aromatic heterocycles. The second-order valence-corrected chi connectivity index (χ2v) is 9.29. The molecule has 0 bridgehead atoms. The summed E-state index contributed by atoms with van der Waals surface area (Å²) in [6.45, 7) is 8.67. The Morgan fingerprint density at radius 3 is 2.52 bits per heavy atom. The van der Waals surface area contributed by atoms with Crippen LogP contribution in [0.15, 0.2) is 66.3 Å². The molecule has 0 amide bonds. The van der Waals surface area contributed by atoms with Crippen LogP contribution in [0.5, 0.6) is 0 Å².